The average molecular weight is 257 g/mol. The van der Waals surface area contributed by atoms with Crippen LogP contribution in [0.4, 0.5) is 0 Å². The van der Waals surface area contributed by atoms with Gasteiger partial charge in [-0.05, 0) is 32.0 Å². The van der Waals surface area contributed by atoms with Gasteiger partial charge in [-0.25, -0.2) is 4.79 Å². The zero-order valence-electron chi connectivity index (χ0n) is 11.0. The summed E-state index contributed by atoms with van der Waals surface area (Å²) in [5.74, 6) is 2.73. The van der Waals surface area contributed by atoms with Gasteiger partial charge in [0.05, 0.1) is 18.4 Å². The maximum atomic E-state index is 11.8. The molecular weight excluding hydrogens is 242 g/mol. The minimum absolute atomic E-state index is 0.0132. The molecule has 19 heavy (non-hydrogen) atoms. The summed E-state index contributed by atoms with van der Waals surface area (Å²) < 4.78 is 12.3. The predicted octanol–water partition coefficient (Wildman–Crippen LogP) is 2.54. The van der Waals surface area contributed by atoms with E-state index in [0.717, 1.165) is 17.1 Å². The summed E-state index contributed by atoms with van der Waals surface area (Å²) in [7, 11) is 0. The van der Waals surface area contributed by atoms with Crippen LogP contribution in [0.3, 0.4) is 0 Å². The van der Waals surface area contributed by atoms with Gasteiger partial charge < -0.3 is 13.7 Å². The van der Waals surface area contributed by atoms with Crippen molar-refractivity contribution < 1.29 is 13.9 Å². The highest BCUT2D eigenvalue weighted by atomic mass is 16.5. The lowest BCUT2D eigenvalue weighted by atomic mass is 10.2. The average Bonchev–Trinajstić information content (AvgIpc) is 2.99. The highest BCUT2D eigenvalue weighted by Gasteiger charge is 2.17. The van der Waals surface area contributed by atoms with E-state index in [0.29, 0.717) is 12.1 Å². The SMILES string of the molecule is C#CCOC(=O)c1cc(C)n(Cc2ccco2)c1C. The van der Waals surface area contributed by atoms with Crippen LogP contribution in [0, 0.1) is 26.2 Å². The molecule has 0 bridgehead atoms. The first-order chi connectivity index (χ1) is 9.13. The lowest BCUT2D eigenvalue weighted by Gasteiger charge is -2.07. The smallest absolute Gasteiger partial charge is 0.340 e. The fraction of sp³-hybridized carbons (Fsp3) is 0.267. The Kier molecular flexibility index (Phi) is 3.76. The molecule has 2 rings (SSSR count). The summed E-state index contributed by atoms with van der Waals surface area (Å²) in [6.45, 7) is 4.39. The Morgan fingerprint density at radius 3 is 2.95 bits per heavy atom. The fourth-order valence-electron chi connectivity index (χ4n) is 1.99. The first-order valence-corrected chi connectivity index (χ1v) is 5.93. The molecule has 0 fully saturated rings. The molecule has 98 valence electrons. The van der Waals surface area contributed by atoms with Crippen LogP contribution < -0.4 is 0 Å². The van der Waals surface area contributed by atoms with E-state index in [2.05, 4.69) is 5.92 Å². The highest BCUT2D eigenvalue weighted by Crippen LogP contribution is 2.18. The molecule has 4 heteroatoms. The monoisotopic (exact) mass is 257 g/mol. The number of carbonyl (C=O) groups is 1. The van der Waals surface area contributed by atoms with Gasteiger partial charge in [-0.15, -0.1) is 6.42 Å². The maximum Gasteiger partial charge on any atom is 0.340 e. The first kappa shape index (κ1) is 13.0. The summed E-state index contributed by atoms with van der Waals surface area (Å²) >= 11 is 0. The van der Waals surface area contributed by atoms with Crippen LogP contribution in [0.5, 0.6) is 0 Å². The van der Waals surface area contributed by atoms with Crippen molar-refractivity contribution in [1.29, 1.82) is 0 Å². The summed E-state index contributed by atoms with van der Waals surface area (Å²) in [6, 6.07) is 5.54. The Morgan fingerprint density at radius 2 is 2.32 bits per heavy atom. The zero-order valence-corrected chi connectivity index (χ0v) is 11.0. The lowest BCUT2D eigenvalue weighted by molar-refractivity contribution is 0.0556. The lowest BCUT2D eigenvalue weighted by Crippen LogP contribution is -2.08. The molecule has 0 radical (unpaired) electrons. The minimum atomic E-state index is -0.392. The number of aryl methyl sites for hydroxylation is 1. The minimum Gasteiger partial charge on any atom is -0.467 e. The summed E-state index contributed by atoms with van der Waals surface area (Å²) in [4.78, 5) is 11.8. The molecular formula is C15H15NO3. The number of rotatable bonds is 4. The number of esters is 1. The standard InChI is InChI=1S/C15H15NO3/c1-4-7-19-15(17)14-9-11(2)16(12(14)3)10-13-6-5-8-18-13/h1,5-6,8-9H,7,10H2,2-3H3. The molecule has 0 spiro atoms. The Balaban J connectivity index is 2.24. The van der Waals surface area contributed by atoms with E-state index < -0.39 is 5.97 Å². The van der Waals surface area contributed by atoms with Gasteiger partial charge >= 0.3 is 5.97 Å². The van der Waals surface area contributed by atoms with Crippen molar-refractivity contribution in [3.63, 3.8) is 0 Å². The van der Waals surface area contributed by atoms with E-state index in [-0.39, 0.29) is 6.61 Å². The largest absolute Gasteiger partial charge is 0.467 e. The van der Waals surface area contributed by atoms with Crippen LogP contribution in [0.25, 0.3) is 0 Å². The van der Waals surface area contributed by atoms with E-state index in [1.807, 2.05) is 30.5 Å². The Labute approximate surface area is 112 Å². The third kappa shape index (κ3) is 2.71. The number of aromatic nitrogens is 1. The first-order valence-electron chi connectivity index (χ1n) is 5.93. The topological polar surface area (TPSA) is 44.4 Å². The van der Waals surface area contributed by atoms with E-state index in [4.69, 9.17) is 15.6 Å². The maximum absolute atomic E-state index is 11.8. The fourth-order valence-corrected chi connectivity index (χ4v) is 1.99. The molecule has 0 atom stereocenters. The van der Waals surface area contributed by atoms with Crippen LogP contribution in [0.15, 0.2) is 28.9 Å². The number of furan rings is 1. The molecule has 2 heterocycles. The van der Waals surface area contributed by atoms with Gasteiger partial charge in [0.1, 0.15) is 5.76 Å². The normalized spacial score (nSPS) is 10.2. The van der Waals surface area contributed by atoms with Crippen LogP contribution in [-0.4, -0.2) is 17.1 Å². The zero-order chi connectivity index (χ0) is 13.8. The molecule has 2 aromatic rings. The van der Waals surface area contributed by atoms with Gasteiger partial charge in [-0.3, -0.25) is 0 Å². The van der Waals surface area contributed by atoms with Gasteiger partial charge in [-0.1, -0.05) is 5.92 Å². The van der Waals surface area contributed by atoms with Crippen molar-refractivity contribution >= 4 is 5.97 Å². The van der Waals surface area contributed by atoms with E-state index >= 15 is 0 Å². The van der Waals surface area contributed by atoms with Gasteiger partial charge in [0.15, 0.2) is 6.61 Å². The van der Waals surface area contributed by atoms with E-state index in [1.54, 1.807) is 12.3 Å². The summed E-state index contributed by atoms with van der Waals surface area (Å²) in [5.41, 5.74) is 2.36. The Bertz CT molecular complexity index is 615. The van der Waals surface area contributed by atoms with Crippen LogP contribution in [0.1, 0.15) is 27.5 Å². The predicted molar refractivity (Wildman–Crippen MR) is 70.8 cm³/mol. The van der Waals surface area contributed by atoms with Gasteiger partial charge in [0, 0.05) is 11.4 Å². The van der Waals surface area contributed by atoms with Crippen LogP contribution >= 0.6 is 0 Å². The van der Waals surface area contributed by atoms with Crippen molar-refractivity contribution in [2.45, 2.75) is 20.4 Å². The van der Waals surface area contributed by atoms with E-state index in [9.17, 15) is 4.79 Å². The molecule has 2 aromatic heterocycles. The second-order valence-corrected chi connectivity index (χ2v) is 4.23. The number of hydrogen-bond donors (Lipinski definition) is 0. The van der Waals surface area contributed by atoms with Crippen molar-refractivity contribution in [3.05, 3.63) is 47.2 Å². The molecule has 0 aliphatic heterocycles. The number of hydrogen-bond acceptors (Lipinski definition) is 3. The Hall–Kier alpha value is -2.41. The van der Waals surface area contributed by atoms with E-state index in [1.165, 1.54) is 0 Å². The third-order valence-corrected chi connectivity index (χ3v) is 2.97. The van der Waals surface area contributed by atoms with Gasteiger partial charge in [0.25, 0.3) is 0 Å². The van der Waals surface area contributed by atoms with Crippen LogP contribution in [-0.2, 0) is 11.3 Å². The molecule has 0 saturated heterocycles. The van der Waals surface area contributed by atoms with Gasteiger partial charge in [0.2, 0.25) is 0 Å². The quantitative estimate of drug-likeness (QED) is 0.624. The third-order valence-electron chi connectivity index (χ3n) is 2.97. The van der Waals surface area contributed by atoms with Gasteiger partial charge in [-0.2, -0.15) is 0 Å². The molecule has 0 N–H and O–H groups in total. The molecule has 0 aromatic carbocycles. The second kappa shape index (κ2) is 5.49. The number of nitrogens with zero attached hydrogens (tertiary/aromatic N) is 1. The van der Waals surface area contributed by atoms with Crippen molar-refractivity contribution in [3.8, 4) is 12.3 Å². The number of terminal acetylenes is 1. The van der Waals surface area contributed by atoms with Crippen molar-refractivity contribution in [1.82, 2.24) is 4.57 Å². The molecule has 0 aliphatic rings. The van der Waals surface area contributed by atoms with Crippen LogP contribution in [0.2, 0.25) is 0 Å². The molecule has 0 unspecified atom stereocenters. The molecule has 0 amide bonds. The Morgan fingerprint density at radius 1 is 1.53 bits per heavy atom. The van der Waals surface area contributed by atoms with Crippen molar-refractivity contribution in [2.75, 3.05) is 6.61 Å². The molecule has 4 nitrogen and oxygen atoms in total. The number of ether oxygens (including phenoxy) is 1. The number of carbonyl (C=O) groups excluding carboxylic acids is 1. The summed E-state index contributed by atoms with van der Waals surface area (Å²) in [6.07, 6.45) is 6.70. The highest BCUT2D eigenvalue weighted by molar-refractivity contribution is 5.91. The second-order valence-electron chi connectivity index (χ2n) is 4.23. The van der Waals surface area contributed by atoms with Crippen molar-refractivity contribution in [2.24, 2.45) is 0 Å². The summed E-state index contributed by atoms with van der Waals surface area (Å²) in [5, 5.41) is 0. The molecule has 0 aliphatic carbocycles. The molecule has 0 saturated carbocycles.